The Bertz CT molecular complexity index is 1260. The van der Waals surface area contributed by atoms with Gasteiger partial charge in [-0.3, -0.25) is 14.5 Å². The molecule has 1 heterocycles. The van der Waals surface area contributed by atoms with Gasteiger partial charge in [0, 0.05) is 3.57 Å². The maximum Gasteiger partial charge on any atom is 0.293 e. The van der Waals surface area contributed by atoms with E-state index < -0.39 is 11.1 Å². The van der Waals surface area contributed by atoms with Crippen molar-refractivity contribution in [2.45, 2.75) is 6.61 Å². The lowest BCUT2D eigenvalue weighted by molar-refractivity contribution is -0.123. The zero-order valence-corrected chi connectivity index (χ0v) is 22.5. The molecule has 10 heteroatoms. The third-order valence-corrected chi connectivity index (χ3v) is 7.07. The van der Waals surface area contributed by atoms with Gasteiger partial charge in [0.05, 0.1) is 21.5 Å². The molecule has 1 fully saturated rings. The summed E-state index contributed by atoms with van der Waals surface area (Å²) in [6, 6.07) is 16.6. The van der Waals surface area contributed by atoms with Crippen LogP contribution >= 0.6 is 57.6 Å². The lowest BCUT2D eigenvalue weighted by Gasteiger charge is -2.13. The summed E-state index contributed by atoms with van der Waals surface area (Å²) in [5, 5.41) is 0.181. The fourth-order valence-electron chi connectivity index (χ4n) is 3.17. The molecule has 0 N–H and O–H groups in total. The Kier molecular flexibility index (Phi) is 8.59. The summed E-state index contributed by atoms with van der Waals surface area (Å²) >= 11 is 15.8. The molecule has 3 aromatic rings. The number of halogens is 4. The standard InChI is InChI=1S/C25H17Cl2FINO4S/c26-20-11-16(12-21(27)23(20)34-14-15-1-5-18(29)6-2-15)13-22-24(31)30(25(32)35-22)9-10-33-19-7-3-17(28)4-8-19/h1-8,11-13H,9-10,14H2/b22-13-. The molecule has 5 nitrogen and oxygen atoms in total. The third kappa shape index (κ3) is 6.69. The van der Waals surface area contributed by atoms with Crippen LogP contribution in [-0.4, -0.2) is 29.2 Å². The molecule has 4 rings (SSSR count). The molecular formula is C25H17Cl2FINO4S. The average molecular weight is 644 g/mol. The molecule has 180 valence electrons. The molecule has 3 aromatic carbocycles. The van der Waals surface area contributed by atoms with Crippen molar-refractivity contribution in [2.24, 2.45) is 0 Å². The predicted octanol–water partition coefficient (Wildman–Crippen LogP) is 7.43. The van der Waals surface area contributed by atoms with Crippen LogP contribution in [0.3, 0.4) is 0 Å². The minimum absolute atomic E-state index is 0.0617. The molecule has 0 aliphatic carbocycles. The quantitative estimate of drug-likeness (QED) is 0.189. The Morgan fingerprint density at radius 2 is 1.63 bits per heavy atom. The minimum Gasteiger partial charge on any atom is -0.492 e. The molecule has 35 heavy (non-hydrogen) atoms. The number of rotatable bonds is 8. The Labute approximate surface area is 229 Å². The first-order chi connectivity index (χ1) is 16.8. The molecule has 1 aliphatic heterocycles. The number of carbonyl (C=O) groups is 2. The van der Waals surface area contributed by atoms with Crippen LogP contribution in [0, 0.1) is 9.39 Å². The fraction of sp³-hybridized carbons (Fsp3) is 0.120. The van der Waals surface area contributed by atoms with Crippen molar-refractivity contribution in [1.29, 1.82) is 0 Å². The molecular weight excluding hydrogens is 627 g/mol. The fourth-order valence-corrected chi connectivity index (χ4v) is 5.00. The van der Waals surface area contributed by atoms with E-state index in [0.29, 0.717) is 33.7 Å². The molecule has 1 saturated heterocycles. The van der Waals surface area contributed by atoms with Gasteiger partial charge in [-0.25, -0.2) is 4.39 Å². The van der Waals surface area contributed by atoms with Crippen LogP contribution in [0.25, 0.3) is 6.08 Å². The molecule has 0 radical (unpaired) electrons. The smallest absolute Gasteiger partial charge is 0.293 e. The van der Waals surface area contributed by atoms with Crippen LogP contribution in [0.1, 0.15) is 11.1 Å². The topological polar surface area (TPSA) is 55.8 Å². The molecule has 0 atom stereocenters. The highest BCUT2D eigenvalue weighted by molar-refractivity contribution is 14.1. The number of hydrogen-bond acceptors (Lipinski definition) is 5. The largest absolute Gasteiger partial charge is 0.492 e. The Balaban J connectivity index is 1.40. The molecule has 0 spiro atoms. The highest BCUT2D eigenvalue weighted by atomic mass is 127. The third-order valence-electron chi connectivity index (χ3n) is 4.89. The van der Waals surface area contributed by atoms with E-state index in [0.717, 1.165) is 25.8 Å². The number of thioether (sulfide) groups is 1. The van der Waals surface area contributed by atoms with E-state index in [9.17, 15) is 14.0 Å². The summed E-state index contributed by atoms with van der Waals surface area (Å²) in [4.78, 5) is 26.4. The van der Waals surface area contributed by atoms with Gasteiger partial charge in [0.15, 0.2) is 5.75 Å². The van der Waals surface area contributed by atoms with Crippen molar-refractivity contribution in [3.63, 3.8) is 0 Å². The molecule has 1 aliphatic rings. The average Bonchev–Trinajstić information content (AvgIpc) is 3.08. The second-order valence-corrected chi connectivity index (χ2v) is 10.4. The van der Waals surface area contributed by atoms with Gasteiger partial charge in [-0.1, -0.05) is 35.3 Å². The highest BCUT2D eigenvalue weighted by Crippen LogP contribution is 2.37. The predicted molar refractivity (Wildman–Crippen MR) is 145 cm³/mol. The van der Waals surface area contributed by atoms with Crippen LogP contribution in [0.2, 0.25) is 10.0 Å². The Morgan fingerprint density at radius 1 is 0.971 bits per heavy atom. The van der Waals surface area contributed by atoms with Gasteiger partial charge in [0.1, 0.15) is 24.8 Å². The Morgan fingerprint density at radius 3 is 2.29 bits per heavy atom. The first-order valence-corrected chi connectivity index (χ1v) is 13.0. The van der Waals surface area contributed by atoms with E-state index in [1.54, 1.807) is 18.2 Å². The van der Waals surface area contributed by atoms with Crippen LogP contribution in [0.4, 0.5) is 9.18 Å². The number of nitrogens with zero attached hydrogens (tertiary/aromatic N) is 1. The van der Waals surface area contributed by atoms with Gasteiger partial charge in [-0.2, -0.15) is 0 Å². The lowest BCUT2D eigenvalue weighted by Crippen LogP contribution is -2.32. The first-order valence-electron chi connectivity index (χ1n) is 10.3. The highest BCUT2D eigenvalue weighted by Gasteiger charge is 2.34. The first kappa shape index (κ1) is 25.8. The van der Waals surface area contributed by atoms with E-state index in [1.165, 1.54) is 24.3 Å². The lowest BCUT2D eigenvalue weighted by atomic mass is 10.2. The number of benzene rings is 3. The maximum atomic E-state index is 13.0. The van der Waals surface area contributed by atoms with E-state index in [2.05, 4.69) is 22.6 Å². The van der Waals surface area contributed by atoms with Crippen molar-refractivity contribution in [1.82, 2.24) is 4.90 Å². The molecule has 0 bridgehead atoms. The zero-order valence-electron chi connectivity index (χ0n) is 18.0. The second kappa shape index (κ2) is 11.6. The van der Waals surface area contributed by atoms with Crippen molar-refractivity contribution in [3.05, 3.63) is 96.1 Å². The second-order valence-electron chi connectivity index (χ2n) is 7.36. The number of imide groups is 1. The van der Waals surface area contributed by atoms with Crippen molar-refractivity contribution in [2.75, 3.05) is 13.2 Å². The van der Waals surface area contributed by atoms with E-state index in [-0.39, 0.29) is 23.9 Å². The van der Waals surface area contributed by atoms with Gasteiger partial charge in [0.25, 0.3) is 11.1 Å². The SMILES string of the molecule is O=C1S/C(=C\c2cc(Cl)c(OCc3ccc(I)cc3)c(Cl)c2)C(=O)N1CCOc1ccc(F)cc1. The van der Waals surface area contributed by atoms with Crippen LogP contribution in [0.15, 0.2) is 65.6 Å². The van der Waals surface area contributed by atoms with Gasteiger partial charge in [-0.05, 0) is 100 Å². The normalized spacial score (nSPS) is 14.6. The van der Waals surface area contributed by atoms with Crippen LogP contribution in [0.5, 0.6) is 11.5 Å². The minimum atomic E-state index is -0.436. The van der Waals surface area contributed by atoms with E-state index in [1.807, 2.05) is 24.3 Å². The van der Waals surface area contributed by atoms with Crippen LogP contribution in [-0.2, 0) is 11.4 Å². The van der Waals surface area contributed by atoms with Crippen molar-refractivity contribution in [3.8, 4) is 11.5 Å². The summed E-state index contributed by atoms with van der Waals surface area (Å²) < 4.78 is 25.4. The summed E-state index contributed by atoms with van der Waals surface area (Å²) in [6.07, 6.45) is 1.56. The number of hydrogen-bond donors (Lipinski definition) is 0. The van der Waals surface area contributed by atoms with E-state index in [4.69, 9.17) is 32.7 Å². The monoisotopic (exact) mass is 643 g/mol. The van der Waals surface area contributed by atoms with Gasteiger partial charge >= 0.3 is 0 Å². The number of amides is 2. The Hall–Kier alpha value is -2.27. The molecule has 0 unspecified atom stereocenters. The number of carbonyl (C=O) groups excluding carboxylic acids is 2. The summed E-state index contributed by atoms with van der Waals surface area (Å²) in [5.74, 6) is -0.0224. The molecule has 0 aromatic heterocycles. The van der Waals surface area contributed by atoms with E-state index >= 15 is 0 Å². The summed E-state index contributed by atoms with van der Waals surface area (Å²) in [6.45, 7) is 0.446. The van der Waals surface area contributed by atoms with Crippen LogP contribution < -0.4 is 9.47 Å². The van der Waals surface area contributed by atoms with Gasteiger partial charge in [0.2, 0.25) is 0 Å². The summed E-state index contributed by atoms with van der Waals surface area (Å²) in [5.41, 5.74) is 1.54. The number of ether oxygens (including phenoxy) is 2. The summed E-state index contributed by atoms with van der Waals surface area (Å²) in [7, 11) is 0. The van der Waals surface area contributed by atoms with Gasteiger partial charge in [-0.15, -0.1) is 0 Å². The zero-order chi connectivity index (χ0) is 24.9. The molecule has 0 saturated carbocycles. The van der Waals surface area contributed by atoms with Gasteiger partial charge < -0.3 is 9.47 Å². The molecule has 2 amide bonds. The van der Waals surface area contributed by atoms with Crippen molar-refractivity contribution < 1.29 is 23.5 Å². The van der Waals surface area contributed by atoms with Crippen molar-refractivity contribution >= 4 is 74.8 Å². The maximum absolute atomic E-state index is 13.0.